The van der Waals surface area contributed by atoms with Crippen LogP contribution in [0.2, 0.25) is 0 Å². The van der Waals surface area contributed by atoms with E-state index in [1.807, 2.05) is 18.2 Å². The Bertz CT molecular complexity index is 712. The first-order chi connectivity index (χ1) is 11.2. The predicted molar refractivity (Wildman–Crippen MR) is 86.3 cm³/mol. The molecule has 23 heavy (non-hydrogen) atoms. The molecule has 1 aromatic heterocycles. The third kappa shape index (κ3) is 2.74. The Morgan fingerprint density at radius 1 is 1.30 bits per heavy atom. The lowest BCUT2D eigenvalue weighted by molar-refractivity contribution is -0.143. The van der Waals surface area contributed by atoms with Crippen molar-refractivity contribution in [2.24, 2.45) is 5.41 Å². The average Bonchev–Trinajstić information content (AvgIpc) is 3.26. The Balaban J connectivity index is 1.35. The van der Waals surface area contributed by atoms with E-state index in [2.05, 4.69) is 16.1 Å². The summed E-state index contributed by atoms with van der Waals surface area (Å²) in [5.74, 6) is -0.161. The molecule has 0 amide bonds. The van der Waals surface area contributed by atoms with Gasteiger partial charge in [0.25, 0.3) is 0 Å². The van der Waals surface area contributed by atoms with Gasteiger partial charge in [0.05, 0.1) is 11.1 Å². The molecule has 2 heterocycles. The molecule has 2 aliphatic rings. The predicted octanol–water partition coefficient (Wildman–Crippen LogP) is 3.26. The van der Waals surface area contributed by atoms with Gasteiger partial charge in [-0.15, -0.1) is 0 Å². The average molecular weight is 314 g/mol. The van der Waals surface area contributed by atoms with E-state index in [9.17, 15) is 9.90 Å². The molecule has 1 aromatic carbocycles. The van der Waals surface area contributed by atoms with Gasteiger partial charge in [-0.2, -0.15) is 0 Å². The number of rotatable bonds is 5. The van der Waals surface area contributed by atoms with Crippen LogP contribution in [0.15, 0.2) is 28.8 Å². The quantitative estimate of drug-likeness (QED) is 0.917. The molecule has 2 aromatic rings. The van der Waals surface area contributed by atoms with E-state index in [1.54, 1.807) is 0 Å². The number of piperidine rings is 1. The first-order valence-electron chi connectivity index (χ1n) is 8.48. The summed E-state index contributed by atoms with van der Waals surface area (Å²) in [5, 5.41) is 14.7. The number of carboxylic acid groups (broad SMARTS) is 1. The number of fused-ring (bicyclic) bond motifs is 1. The monoisotopic (exact) mass is 314 g/mol. The molecule has 1 saturated carbocycles. The smallest absolute Gasteiger partial charge is 0.309 e. The molecule has 1 N–H and O–H groups in total. The Hall–Kier alpha value is -1.88. The molecule has 0 radical (unpaired) electrons. The van der Waals surface area contributed by atoms with Gasteiger partial charge in [-0.05, 0) is 63.9 Å². The number of para-hydroxylation sites is 1. The molecule has 0 atom stereocenters. The highest BCUT2D eigenvalue weighted by Gasteiger charge is 2.49. The van der Waals surface area contributed by atoms with Gasteiger partial charge in [-0.1, -0.05) is 17.3 Å². The van der Waals surface area contributed by atoms with Crippen molar-refractivity contribution >= 4 is 16.9 Å². The highest BCUT2D eigenvalue weighted by Crippen LogP contribution is 2.49. The van der Waals surface area contributed by atoms with Crippen molar-refractivity contribution in [3.63, 3.8) is 0 Å². The van der Waals surface area contributed by atoms with Crippen molar-refractivity contribution in [2.45, 2.75) is 38.0 Å². The zero-order chi connectivity index (χ0) is 15.9. The van der Waals surface area contributed by atoms with Crippen molar-refractivity contribution in [2.75, 3.05) is 19.6 Å². The summed E-state index contributed by atoms with van der Waals surface area (Å²) in [7, 11) is 0. The maximum Gasteiger partial charge on any atom is 0.309 e. The number of aliphatic carboxylic acids is 1. The largest absolute Gasteiger partial charge is 0.481 e. The lowest BCUT2D eigenvalue weighted by Crippen LogP contribution is -2.35. The van der Waals surface area contributed by atoms with Crippen LogP contribution in [0.5, 0.6) is 0 Å². The molecule has 5 nitrogen and oxygen atoms in total. The molecule has 2 fully saturated rings. The van der Waals surface area contributed by atoms with Crippen LogP contribution in [0, 0.1) is 5.41 Å². The van der Waals surface area contributed by atoms with Gasteiger partial charge in [0.15, 0.2) is 5.58 Å². The van der Waals surface area contributed by atoms with Crippen molar-refractivity contribution in [1.29, 1.82) is 0 Å². The van der Waals surface area contributed by atoms with E-state index < -0.39 is 11.4 Å². The van der Waals surface area contributed by atoms with Gasteiger partial charge in [0, 0.05) is 11.3 Å². The first kappa shape index (κ1) is 14.7. The zero-order valence-corrected chi connectivity index (χ0v) is 13.2. The van der Waals surface area contributed by atoms with E-state index in [0.717, 1.165) is 68.4 Å². The number of aromatic nitrogens is 1. The normalized spacial score (nSPS) is 21.6. The fourth-order valence-corrected chi connectivity index (χ4v) is 3.72. The topological polar surface area (TPSA) is 66.6 Å². The number of carboxylic acids is 1. The Morgan fingerprint density at radius 3 is 2.74 bits per heavy atom. The van der Waals surface area contributed by atoms with Crippen molar-refractivity contribution in [3.8, 4) is 0 Å². The molecule has 5 heteroatoms. The summed E-state index contributed by atoms with van der Waals surface area (Å²) in [4.78, 5) is 13.7. The SMILES string of the molecule is O=C(O)C1(CCN2CCC(c3noc4ccccc34)CC2)CC1. The number of hydrogen-bond acceptors (Lipinski definition) is 4. The molecule has 122 valence electrons. The minimum atomic E-state index is -0.610. The van der Waals surface area contributed by atoms with E-state index >= 15 is 0 Å². The van der Waals surface area contributed by atoms with Crippen LogP contribution < -0.4 is 0 Å². The second-order valence-electron chi connectivity index (χ2n) is 7.02. The lowest BCUT2D eigenvalue weighted by atomic mass is 9.91. The maximum atomic E-state index is 11.3. The number of likely N-dealkylation sites (tertiary alicyclic amines) is 1. The third-order valence-corrected chi connectivity index (χ3v) is 5.59. The van der Waals surface area contributed by atoms with Crippen LogP contribution in [0.1, 0.15) is 43.7 Å². The van der Waals surface area contributed by atoms with Crippen LogP contribution in [0.25, 0.3) is 11.0 Å². The van der Waals surface area contributed by atoms with E-state index in [1.165, 1.54) is 0 Å². The summed E-state index contributed by atoms with van der Waals surface area (Å²) in [6, 6.07) is 8.04. The second-order valence-corrected chi connectivity index (χ2v) is 7.02. The second kappa shape index (κ2) is 5.64. The van der Waals surface area contributed by atoms with Gasteiger partial charge >= 0.3 is 5.97 Å². The molecular weight excluding hydrogens is 292 g/mol. The molecular formula is C18H22N2O3. The highest BCUT2D eigenvalue weighted by atomic mass is 16.5. The van der Waals surface area contributed by atoms with Crippen LogP contribution in [-0.2, 0) is 4.79 Å². The summed E-state index contributed by atoms with van der Waals surface area (Å²) >= 11 is 0. The fourth-order valence-electron chi connectivity index (χ4n) is 3.72. The van der Waals surface area contributed by atoms with E-state index in [4.69, 9.17) is 4.52 Å². The molecule has 1 aliphatic carbocycles. The van der Waals surface area contributed by atoms with Crippen molar-refractivity contribution in [3.05, 3.63) is 30.0 Å². The molecule has 0 bridgehead atoms. The van der Waals surface area contributed by atoms with Crippen LogP contribution in [-0.4, -0.2) is 40.8 Å². The molecule has 1 saturated heterocycles. The summed E-state index contributed by atoms with van der Waals surface area (Å²) < 4.78 is 5.43. The van der Waals surface area contributed by atoms with Gasteiger partial charge < -0.3 is 14.5 Å². The minimum Gasteiger partial charge on any atom is -0.481 e. The summed E-state index contributed by atoms with van der Waals surface area (Å²) in [6.07, 6.45) is 4.63. The summed E-state index contributed by atoms with van der Waals surface area (Å²) in [5.41, 5.74) is 1.55. The first-order valence-corrected chi connectivity index (χ1v) is 8.48. The molecule has 1 aliphatic heterocycles. The highest BCUT2D eigenvalue weighted by molar-refractivity contribution is 5.79. The Labute approximate surface area is 135 Å². The number of benzene rings is 1. The Morgan fingerprint density at radius 2 is 2.04 bits per heavy atom. The zero-order valence-electron chi connectivity index (χ0n) is 13.2. The van der Waals surface area contributed by atoms with Crippen molar-refractivity contribution in [1.82, 2.24) is 10.1 Å². The van der Waals surface area contributed by atoms with Gasteiger partial charge in [-0.3, -0.25) is 4.79 Å². The third-order valence-electron chi connectivity index (χ3n) is 5.59. The number of carbonyl (C=O) groups is 1. The van der Waals surface area contributed by atoms with E-state index in [-0.39, 0.29) is 0 Å². The standard InChI is InChI=1S/C18H22N2O3/c21-17(22)18(7-8-18)9-12-20-10-5-13(6-11-20)16-14-3-1-2-4-15(14)23-19-16/h1-4,13H,5-12H2,(H,21,22). The van der Waals surface area contributed by atoms with Crippen molar-refractivity contribution < 1.29 is 14.4 Å². The molecule has 4 rings (SSSR count). The molecule has 0 unspecified atom stereocenters. The van der Waals surface area contributed by atoms with Crippen LogP contribution >= 0.6 is 0 Å². The minimum absolute atomic E-state index is 0.404. The van der Waals surface area contributed by atoms with Gasteiger partial charge in [-0.25, -0.2) is 0 Å². The maximum absolute atomic E-state index is 11.3. The number of hydrogen-bond donors (Lipinski definition) is 1. The van der Waals surface area contributed by atoms with E-state index in [0.29, 0.717) is 5.92 Å². The number of nitrogens with zero attached hydrogens (tertiary/aromatic N) is 2. The van der Waals surface area contributed by atoms with Crippen LogP contribution in [0.3, 0.4) is 0 Å². The Kier molecular flexibility index (Phi) is 3.60. The lowest BCUT2D eigenvalue weighted by Gasteiger charge is -2.31. The van der Waals surface area contributed by atoms with Gasteiger partial charge in [0.1, 0.15) is 0 Å². The van der Waals surface area contributed by atoms with Crippen LogP contribution in [0.4, 0.5) is 0 Å². The van der Waals surface area contributed by atoms with Gasteiger partial charge in [0.2, 0.25) is 0 Å². The molecule has 0 spiro atoms. The fraction of sp³-hybridized carbons (Fsp3) is 0.556. The summed E-state index contributed by atoms with van der Waals surface area (Å²) in [6.45, 7) is 2.93.